The molecule has 2 aliphatic heterocycles. The van der Waals surface area contributed by atoms with Crippen LogP contribution in [-0.2, 0) is 23.9 Å². The summed E-state index contributed by atoms with van der Waals surface area (Å²) in [5, 5.41) is 2.63. The molecule has 0 saturated carbocycles. The number of rotatable bonds is 7. The molecule has 2 heterocycles. The van der Waals surface area contributed by atoms with Gasteiger partial charge in [0.2, 0.25) is 18.6 Å². The number of nitrogens with one attached hydrogen (secondary N) is 1. The maximum atomic E-state index is 12.9. The lowest BCUT2D eigenvalue weighted by Gasteiger charge is -2.26. The second-order valence-electron chi connectivity index (χ2n) is 8.57. The lowest BCUT2D eigenvalue weighted by molar-refractivity contribution is -0.160. The molecule has 1 fully saturated rings. The van der Waals surface area contributed by atoms with Crippen molar-refractivity contribution in [1.82, 2.24) is 4.90 Å². The summed E-state index contributed by atoms with van der Waals surface area (Å²) in [6.45, 7) is 3.37. The first-order valence-electron chi connectivity index (χ1n) is 10.7. The first kappa shape index (κ1) is 21.9. The predicted octanol–water partition coefficient (Wildman–Crippen LogP) is 2.26. The number of esters is 1. The van der Waals surface area contributed by atoms with Gasteiger partial charge in [-0.3, -0.25) is 19.3 Å². The summed E-state index contributed by atoms with van der Waals surface area (Å²) in [6.07, 6.45) is 5.05. The van der Waals surface area contributed by atoms with Crippen molar-refractivity contribution in [2.24, 2.45) is 17.8 Å². The molecule has 1 N–H and O–H groups in total. The average molecular weight is 442 g/mol. The number of hydrogen-bond acceptors (Lipinski definition) is 7. The van der Waals surface area contributed by atoms with Crippen molar-refractivity contribution < 1.29 is 33.4 Å². The second-order valence-corrected chi connectivity index (χ2v) is 8.57. The summed E-state index contributed by atoms with van der Waals surface area (Å²) >= 11 is 0. The van der Waals surface area contributed by atoms with Crippen LogP contribution in [0.1, 0.15) is 33.1 Å². The number of anilines is 1. The number of nitrogens with zero attached hydrogens (tertiary/aromatic N) is 1. The largest absolute Gasteiger partial charge is 0.454 e. The van der Waals surface area contributed by atoms with Gasteiger partial charge in [-0.1, -0.05) is 26.0 Å². The van der Waals surface area contributed by atoms with Gasteiger partial charge in [0.25, 0.3) is 5.91 Å². The Morgan fingerprint density at radius 2 is 1.75 bits per heavy atom. The van der Waals surface area contributed by atoms with E-state index in [0.717, 1.165) is 4.90 Å². The van der Waals surface area contributed by atoms with E-state index < -0.39 is 36.4 Å². The fourth-order valence-electron chi connectivity index (χ4n) is 4.29. The average Bonchev–Trinajstić information content (AvgIpc) is 3.33. The number of allylic oxidation sites excluding steroid dienone is 2. The number of likely N-dealkylation sites (tertiary alicyclic amines) is 1. The third-order valence-electron chi connectivity index (χ3n) is 5.82. The maximum absolute atomic E-state index is 12.9. The van der Waals surface area contributed by atoms with Crippen LogP contribution in [0.25, 0.3) is 0 Å². The molecule has 9 heteroatoms. The number of imide groups is 1. The van der Waals surface area contributed by atoms with E-state index >= 15 is 0 Å². The highest BCUT2D eigenvalue weighted by Crippen LogP contribution is 2.37. The third-order valence-corrected chi connectivity index (χ3v) is 5.82. The smallest absolute Gasteiger partial charge is 0.329 e. The van der Waals surface area contributed by atoms with E-state index in [4.69, 9.17) is 14.2 Å². The zero-order valence-corrected chi connectivity index (χ0v) is 18.0. The first-order valence-corrected chi connectivity index (χ1v) is 10.7. The van der Waals surface area contributed by atoms with Gasteiger partial charge in [-0.2, -0.15) is 0 Å². The van der Waals surface area contributed by atoms with Gasteiger partial charge in [-0.15, -0.1) is 0 Å². The maximum Gasteiger partial charge on any atom is 0.329 e. The standard InChI is InChI=1S/C23H26N2O7/c1-13(2)9-17(25-21(27)15-5-3-4-6-16(15)22(25)28)23(29)30-11-20(26)24-14-7-8-18-19(10-14)32-12-31-18/h3-4,7-8,10,13,15-17H,5-6,9,11-12H2,1-2H3,(H,24,26)/t15-,16-,17+/m0/s1. The van der Waals surface area contributed by atoms with Gasteiger partial charge >= 0.3 is 5.97 Å². The Bertz CT molecular complexity index is 945. The van der Waals surface area contributed by atoms with Crippen molar-refractivity contribution in [3.05, 3.63) is 30.4 Å². The minimum atomic E-state index is -1.04. The number of amides is 3. The van der Waals surface area contributed by atoms with Crippen LogP contribution in [0.2, 0.25) is 0 Å². The summed E-state index contributed by atoms with van der Waals surface area (Å²) in [4.78, 5) is 52.1. The predicted molar refractivity (Wildman–Crippen MR) is 113 cm³/mol. The highest BCUT2D eigenvalue weighted by molar-refractivity contribution is 6.08. The molecule has 4 rings (SSSR count). The van der Waals surface area contributed by atoms with E-state index in [2.05, 4.69) is 5.32 Å². The zero-order chi connectivity index (χ0) is 22.8. The van der Waals surface area contributed by atoms with Gasteiger partial charge in [0.05, 0.1) is 11.8 Å². The second kappa shape index (κ2) is 9.02. The zero-order valence-electron chi connectivity index (χ0n) is 18.0. The molecule has 1 aromatic rings. The summed E-state index contributed by atoms with van der Waals surface area (Å²) in [5.74, 6) is -1.69. The van der Waals surface area contributed by atoms with E-state index in [1.165, 1.54) is 0 Å². The molecule has 170 valence electrons. The summed E-state index contributed by atoms with van der Waals surface area (Å²) < 4.78 is 15.7. The highest BCUT2D eigenvalue weighted by atomic mass is 16.7. The number of benzene rings is 1. The first-order chi connectivity index (χ1) is 15.3. The summed E-state index contributed by atoms with van der Waals surface area (Å²) in [6, 6.07) is 3.88. The molecule has 32 heavy (non-hydrogen) atoms. The molecule has 3 aliphatic rings. The number of hydrogen-bond donors (Lipinski definition) is 1. The Morgan fingerprint density at radius 1 is 1.09 bits per heavy atom. The molecule has 1 saturated heterocycles. The van der Waals surface area contributed by atoms with Crippen molar-refractivity contribution in [3.63, 3.8) is 0 Å². The van der Waals surface area contributed by atoms with E-state index in [-0.39, 0.29) is 30.9 Å². The SMILES string of the molecule is CC(C)C[C@H](C(=O)OCC(=O)Nc1ccc2c(c1)OCO2)N1C(=O)[C@H]2CC=CC[C@@H]2C1=O. The summed E-state index contributed by atoms with van der Waals surface area (Å²) in [5.41, 5.74) is 0.468. The third kappa shape index (κ3) is 4.32. The van der Waals surface area contributed by atoms with Crippen molar-refractivity contribution in [1.29, 1.82) is 0 Å². The molecule has 1 aliphatic carbocycles. The molecule has 9 nitrogen and oxygen atoms in total. The molecule has 0 unspecified atom stereocenters. The quantitative estimate of drug-likeness (QED) is 0.392. The molecular formula is C23H26N2O7. The lowest BCUT2D eigenvalue weighted by Crippen LogP contribution is -2.47. The lowest BCUT2D eigenvalue weighted by atomic mass is 9.85. The van der Waals surface area contributed by atoms with Gasteiger partial charge < -0.3 is 19.5 Å². The van der Waals surface area contributed by atoms with Crippen LogP contribution in [0.5, 0.6) is 11.5 Å². The van der Waals surface area contributed by atoms with E-state index in [9.17, 15) is 19.2 Å². The number of carbonyl (C=O) groups excluding carboxylic acids is 4. The Hall–Kier alpha value is -3.36. The Morgan fingerprint density at radius 3 is 2.41 bits per heavy atom. The monoisotopic (exact) mass is 442 g/mol. The van der Waals surface area contributed by atoms with Crippen molar-refractivity contribution in [2.75, 3.05) is 18.7 Å². The van der Waals surface area contributed by atoms with Crippen LogP contribution < -0.4 is 14.8 Å². The van der Waals surface area contributed by atoms with Crippen LogP contribution in [0.4, 0.5) is 5.69 Å². The molecule has 0 radical (unpaired) electrons. The van der Waals surface area contributed by atoms with Crippen molar-refractivity contribution >= 4 is 29.4 Å². The van der Waals surface area contributed by atoms with E-state index in [0.29, 0.717) is 30.0 Å². The van der Waals surface area contributed by atoms with Crippen LogP contribution in [0.15, 0.2) is 30.4 Å². The molecule has 1 aromatic carbocycles. The van der Waals surface area contributed by atoms with Crippen LogP contribution in [-0.4, -0.2) is 48.0 Å². The van der Waals surface area contributed by atoms with Gasteiger partial charge in [0.15, 0.2) is 18.1 Å². The Kier molecular flexibility index (Phi) is 6.16. The van der Waals surface area contributed by atoms with E-state index in [1.54, 1.807) is 18.2 Å². The molecule has 0 bridgehead atoms. The highest BCUT2D eigenvalue weighted by Gasteiger charge is 2.51. The normalized spacial score (nSPS) is 22.2. The molecule has 0 aromatic heterocycles. The number of carbonyl (C=O) groups is 4. The Balaban J connectivity index is 1.39. The van der Waals surface area contributed by atoms with Gasteiger partial charge in [0.1, 0.15) is 6.04 Å². The van der Waals surface area contributed by atoms with Crippen LogP contribution >= 0.6 is 0 Å². The van der Waals surface area contributed by atoms with Crippen molar-refractivity contribution in [2.45, 2.75) is 39.2 Å². The van der Waals surface area contributed by atoms with Crippen molar-refractivity contribution in [3.8, 4) is 11.5 Å². The molecule has 3 amide bonds. The fourth-order valence-corrected chi connectivity index (χ4v) is 4.29. The number of ether oxygens (including phenoxy) is 3. The molecular weight excluding hydrogens is 416 g/mol. The van der Waals surface area contributed by atoms with E-state index in [1.807, 2.05) is 26.0 Å². The van der Waals surface area contributed by atoms with Crippen LogP contribution in [0, 0.1) is 17.8 Å². The topological polar surface area (TPSA) is 111 Å². The summed E-state index contributed by atoms with van der Waals surface area (Å²) in [7, 11) is 0. The molecule has 3 atom stereocenters. The minimum Gasteiger partial charge on any atom is -0.454 e. The van der Waals surface area contributed by atoms with Crippen LogP contribution in [0.3, 0.4) is 0 Å². The molecule has 0 spiro atoms. The Labute approximate surface area is 185 Å². The van der Waals surface area contributed by atoms with Gasteiger partial charge in [-0.25, -0.2) is 4.79 Å². The number of fused-ring (bicyclic) bond motifs is 2. The minimum absolute atomic E-state index is 0.0383. The fraction of sp³-hybridized carbons (Fsp3) is 0.478. The van der Waals surface area contributed by atoms with Gasteiger partial charge in [0, 0.05) is 11.8 Å². The van der Waals surface area contributed by atoms with Gasteiger partial charge in [-0.05, 0) is 37.3 Å².